The Hall–Kier alpha value is -2.47. The highest BCUT2D eigenvalue weighted by molar-refractivity contribution is 7.10. The van der Waals surface area contributed by atoms with E-state index in [0.717, 1.165) is 32.7 Å². The fourth-order valence-corrected chi connectivity index (χ4v) is 4.73. The number of rotatable bonds is 5. The van der Waals surface area contributed by atoms with E-state index >= 15 is 0 Å². The van der Waals surface area contributed by atoms with E-state index in [-0.39, 0.29) is 0 Å². The highest BCUT2D eigenvalue weighted by atomic mass is 32.1. The molecule has 0 radical (unpaired) electrons. The van der Waals surface area contributed by atoms with Crippen LogP contribution in [0.25, 0.3) is 11.1 Å². The summed E-state index contributed by atoms with van der Waals surface area (Å²) in [6, 6.07) is 17.4. The summed E-state index contributed by atoms with van der Waals surface area (Å²) in [5.41, 5.74) is 10.4. The summed E-state index contributed by atoms with van der Waals surface area (Å²) in [6.07, 6.45) is -0.677. The largest absolute Gasteiger partial charge is 0.480 e. The third-order valence-corrected chi connectivity index (χ3v) is 6.14. The van der Waals surface area contributed by atoms with E-state index in [2.05, 4.69) is 37.3 Å². The van der Waals surface area contributed by atoms with Gasteiger partial charge in [-0.05, 0) is 36.4 Å². The van der Waals surface area contributed by atoms with Gasteiger partial charge in [0.15, 0.2) is 5.60 Å². The van der Waals surface area contributed by atoms with Crippen LogP contribution in [-0.4, -0.2) is 23.2 Å². The van der Waals surface area contributed by atoms with Crippen molar-refractivity contribution in [2.75, 3.05) is 0 Å². The highest BCUT2D eigenvalue weighted by Crippen LogP contribution is 2.54. The zero-order valence-electron chi connectivity index (χ0n) is 15.2. The SMILES string of the molecule is Cc1ccc2c(c1)C(O[C@H](C)[C@H](N)C(=O)O)(c1cccs1)c1ccccc1-2. The van der Waals surface area contributed by atoms with Crippen LogP contribution in [0, 0.1) is 6.92 Å². The normalized spacial score (nSPS) is 20.0. The average molecular weight is 379 g/mol. The van der Waals surface area contributed by atoms with Crippen LogP contribution in [0.15, 0.2) is 60.0 Å². The fraction of sp³-hybridized carbons (Fsp3) is 0.227. The van der Waals surface area contributed by atoms with Crippen LogP contribution in [-0.2, 0) is 15.1 Å². The molecular weight excluding hydrogens is 358 g/mol. The summed E-state index contributed by atoms with van der Waals surface area (Å²) in [5, 5.41) is 11.4. The lowest BCUT2D eigenvalue weighted by Gasteiger charge is -2.35. The molecule has 0 saturated heterocycles. The van der Waals surface area contributed by atoms with Crippen molar-refractivity contribution in [3.63, 3.8) is 0 Å². The van der Waals surface area contributed by atoms with Crippen LogP contribution in [0.3, 0.4) is 0 Å². The molecule has 138 valence electrons. The number of thiophene rings is 1. The van der Waals surface area contributed by atoms with Gasteiger partial charge in [0.05, 0.1) is 6.10 Å². The predicted molar refractivity (Wildman–Crippen MR) is 107 cm³/mol. The number of carboxylic acids is 1. The van der Waals surface area contributed by atoms with Crippen LogP contribution in [0.5, 0.6) is 0 Å². The number of carboxylic acid groups (broad SMARTS) is 1. The molecule has 5 heteroatoms. The topological polar surface area (TPSA) is 72.5 Å². The Morgan fingerprint density at radius 3 is 2.56 bits per heavy atom. The van der Waals surface area contributed by atoms with Gasteiger partial charge in [-0.3, -0.25) is 4.79 Å². The molecule has 0 amide bonds. The maximum atomic E-state index is 11.4. The monoisotopic (exact) mass is 379 g/mol. The molecular formula is C22H21NO3S. The summed E-state index contributed by atoms with van der Waals surface area (Å²) in [4.78, 5) is 12.5. The number of benzene rings is 2. The second-order valence-corrected chi connectivity index (χ2v) is 7.89. The van der Waals surface area contributed by atoms with Crippen molar-refractivity contribution in [2.45, 2.75) is 31.6 Å². The Kier molecular flexibility index (Phi) is 4.38. The van der Waals surface area contributed by atoms with Gasteiger partial charge in [0.1, 0.15) is 6.04 Å². The van der Waals surface area contributed by atoms with Gasteiger partial charge in [0.2, 0.25) is 0 Å². The Balaban J connectivity index is 1.99. The summed E-state index contributed by atoms with van der Waals surface area (Å²) in [5.74, 6) is -1.07. The van der Waals surface area contributed by atoms with Gasteiger partial charge < -0.3 is 15.6 Å². The number of carbonyl (C=O) groups is 1. The van der Waals surface area contributed by atoms with Gasteiger partial charge >= 0.3 is 5.97 Å². The maximum Gasteiger partial charge on any atom is 0.323 e. The van der Waals surface area contributed by atoms with E-state index in [9.17, 15) is 9.90 Å². The van der Waals surface area contributed by atoms with Gasteiger partial charge in [0.25, 0.3) is 0 Å². The minimum Gasteiger partial charge on any atom is -0.480 e. The summed E-state index contributed by atoms with van der Waals surface area (Å²) >= 11 is 1.60. The van der Waals surface area contributed by atoms with Crippen molar-refractivity contribution in [1.82, 2.24) is 0 Å². The van der Waals surface area contributed by atoms with Crippen molar-refractivity contribution in [3.05, 3.63) is 81.5 Å². The molecule has 0 fully saturated rings. The first kappa shape index (κ1) is 17.9. The van der Waals surface area contributed by atoms with Gasteiger partial charge in [-0.2, -0.15) is 0 Å². The number of aryl methyl sites for hydroxylation is 1. The first-order valence-corrected chi connectivity index (χ1v) is 9.74. The lowest BCUT2D eigenvalue weighted by atomic mass is 9.88. The van der Waals surface area contributed by atoms with E-state index < -0.39 is 23.7 Å². The van der Waals surface area contributed by atoms with E-state index in [0.29, 0.717) is 0 Å². The van der Waals surface area contributed by atoms with Crippen LogP contribution in [0.1, 0.15) is 28.5 Å². The zero-order valence-corrected chi connectivity index (χ0v) is 16.0. The number of hydrogen-bond acceptors (Lipinski definition) is 4. The molecule has 1 aliphatic carbocycles. The van der Waals surface area contributed by atoms with Crippen molar-refractivity contribution >= 4 is 17.3 Å². The van der Waals surface area contributed by atoms with Gasteiger partial charge in [-0.1, -0.05) is 54.1 Å². The zero-order chi connectivity index (χ0) is 19.2. The lowest BCUT2D eigenvalue weighted by molar-refractivity contribution is -0.144. The first-order valence-electron chi connectivity index (χ1n) is 8.86. The molecule has 4 nitrogen and oxygen atoms in total. The second kappa shape index (κ2) is 6.60. The Bertz CT molecular complexity index is 999. The quantitative estimate of drug-likeness (QED) is 0.699. The molecule has 2 aromatic carbocycles. The van der Waals surface area contributed by atoms with Crippen molar-refractivity contribution in [2.24, 2.45) is 5.73 Å². The minimum absolute atomic E-state index is 0.677. The van der Waals surface area contributed by atoms with E-state index in [4.69, 9.17) is 10.5 Å². The van der Waals surface area contributed by atoms with Crippen LogP contribution in [0.4, 0.5) is 0 Å². The molecule has 0 spiro atoms. The van der Waals surface area contributed by atoms with Crippen LogP contribution in [0.2, 0.25) is 0 Å². The fourth-order valence-electron chi connectivity index (χ4n) is 3.84. The van der Waals surface area contributed by atoms with Gasteiger partial charge in [-0.15, -0.1) is 11.3 Å². The number of hydrogen-bond donors (Lipinski definition) is 2. The molecule has 1 unspecified atom stereocenters. The average Bonchev–Trinajstić information content (AvgIpc) is 3.28. The number of ether oxygens (including phenoxy) is 1. The molecule has 4 rings (SSSR count). The number of fused-ring (bicyclic) bond motifs is 3. The predicted octanol–water partition coefficient (Wildman–Crippen LogP) is 4.15. The molecule has 1 aliphatic rings. The highest BCUT2D eigenvalue weighted by Gasteiger charge is 2.48. The third kappa shape index (κ3) is 2.70. The van der Waals surface area contributed by atoms with E-state index in [1.54, 1.807) is 18.3 Å². The van der Waals surface area contributed by atoms with Crippen molar-refractivity contribution < 1.29 is 14.6 Å². The standard InChI is InChI=1S/C22H21NO3S/c1-13-9-10-16-15-6-3-4-7-17(15)22(18(16)12-13,19-8-5-11-27-19)26-14(2)20(23)21(24)25/h3-12,14,20H,23H2,1-2H3,(H,24,25)/t14-,20+,22?/m1/s1. The molecule has 1 aromatic heterocycles. The number of nitrogens with two attached hydrogens (primary N) is 1. The summed E-state index contributed by atoms with van der Waals surface area (Å²) < 4.78 is 6.58. The third-order valence-electron chi connectivity index (χ3n) is 5.17. The molecule has 3 aromatic rings. The Morgan fingerprint density at radius 1 is 1.11 bits per heavy atom. The minimum atomic E-state index is -1.11. The maximum absolute atomic E-state index is 11.4. The summed E-state index contributed by atoms with van der Waals surface area (Å²) in [6.45, 7) is 3.78. The first-order chi connectivity index (χ1) is 12.9. The van der Waals surface area contributed by atoms with Crippen LogP contribution >= 0.6 is 11.3 Å². The molecule has 27 heavy (non-hydrogen) atoms. The molecule has 3 N–H and O–H groups in total. The lowest BCUT2D eigenvalue weighted by Crippen LogP contribution is -2.46. The van der Waals surface area contributed by atoms with Gasteiger partial charge in [-0.25, -0.2) is 0 Å². The van der Waals surface area contributed by atoms with Gasteiger partial charge in [0, 0.05) is 16.0 Å². The molecule has 3 atom stereocenters. The molecule has 0 saturated carbocycles. The van der Waals surface area contributed by atoms with E-state index in [1.807, 2.05) is 29.6 Å². The molecule has 1 heterocycles. The number of aliphatic carboxylic acids is 1. The molecule has 0 aliphatic heterocycles. The Morgan fingerprint density at radius 2 is 1.85 bits per heavy atom. The van der Waals surface area contributed by atoms with E-state index in [1.165, 1.54) is 0 Å². The van der Waals surface area contributed by atoms with Crippen LogP contribution < -0.4 is 5.73 Å². The summed E-state index contributed by atoms with van der Waals surface area (Å²) in [7, 11) is 0. The molecule has 0 bridgehead atoms. The smallest absolute Gasteiger partial charge is 0.323 e. The van der Waals surface area contributed by atoms with Crippen molar-refractivity contribution in [1.29, 1.82) is 0 Å². The second-order valence-electron chi connectivity index (χ2n) is 6.94. The van der Waals surface area contributed by atoms with Crippen molar-refractivity contribution in [3.8, 4) is 11.1 Å². The Labute approximate surface area is 162 Å².